The van der Waals surface area contributed by atoms with Crippen LogP contribution < -0.4 is 4.74 Å². The van der Waals surface area contributed by atoms with Crippen LogP contribution in [0.5, 0.6) is 5.75 Å². The Kier molecular flexibility index (Phi) is 11.1. The first-order valence-electron chi connectivity index (χ1n) is 11.1. The Labute approximate surface area is 197 Å². The quantitative estimate of drug-likeness (QED) is 0.217. The lowest BCUT2D eigenvalue weighted by atomic mass is 9.96. The van der Waals surface area contributed by atoms with Crippen LogP contribution in [-0.4, -0.2) is 39.9 Å². The van der Waals surface area contributed by atoms with Crippen molar-refractivity contribution in [1.82, 2.24) is 0 Å². The summed E-state index contributed by atoms with van der Waals surface area (Å²) in [6.07, 6.45) is 1.84. The maximum Gasteiger partial charge on any atom is 0.309 e. The molecule has 0 amide bonds. The molecule has 2 aromatic rings. The molecule has 3 atom stereocenters. The van der Waals surface area contributed by atoms with E-state index in [9.17, 15) is 17.8 Å². The third-order valence-corrected chi connectivity index (χ3v) is 7.52. The highest BCUT2D eigenvalue weighted by Gasteiger charge is 2.31. The molecule has 0 saturated carbocycles. The summed E-state index contributed by atoms with van der Waals surface area (Å²) in [5, 5.41) is 0. The van der Waals surface area contributed by atoms with Crippen molar-refractivity contribution in [2.75, 3.05) is 19.8 Å². The average molecular weight is 497 g/mol. The van der Waals surface area contributed by atoms with Crippen LogP contribution in [0.2, 0.25) is 0 Å². The molecule has 0 aliphatic heterocycles. The van der Waals surface area contributed by atoms with Gasteiger partial charge in [-0.3, -0.25) is 8.98 Å². The van der Waals surface area contributed by atoms with Crippen molar-refractivity contribution in [3.8, 4) is 5.75 Å². The van der Waals surface area contributed by atoms with E-state index in [-0.39, 0.29) is 23.9 Å². The van der Waals surface area contributed by atoms with Gasteiger partial charge in [-0.25, -0.2) is 0 Å². The molecule has 0 radical (unpaired) electrons. The zero-order chi connectivity index (χ0) is 24.3. The molecule has 9 heteroatoms. The Balaban J connectivity index is 2.13. The number of hydrogen-bond acceptors (Lipinski definition) is 7. The van der Waals surface area contributed by atoms with Crippen molar-refractivity contribution in [2.24, 2.45) is 5.92 Å². The van der Waals surface area contributed by atoms with Crippen LogP contribution >= 0.6 is 8.46 Å². The van der Waals surface area contributed by atoms with Gasteiger partial charge in [-0.15, -0.1) is 0 Å². The number of benzene rings is 2. The summed E-state index contributed by atoms with van der Waals surface area (Å²) < 4.78 is 53.7. The predicted octanol–water partition coefficient (Wildman–Crippen LogP) is 4.43. The van der Waals surface area contributed by atoms with Gasteiger partial charge in [-0.1, -0.05) is 36.4 Å². The molecule has 2 aromatic carbocycles. The fourth-order valence-corrected chi connectivity index (χ4v) is 5.41. The molecule has 182 valence electrons. The first-order valence-corrected chi connectivity index (χ1v) is 13.7. The van der Waals surface area contributed by atoms with Crippen molar-refractivity contribution in [3.63, 3.8) is 0 Å². The molecule has 33 heavy (non-hydrogen) atoms. The minimum Gasteiger partial charge on any atom is -0.492 e. The molecule has 3 unspecified atom stereocenters. The van der Waals surface area contributed by atoms with Crippen molar-refractivity contribution in [1.29, 1.82) is 0 Å². The number of aryl methyl sites for hydroxylation is 2. The van der Waals surface area contributed by atoms with Crippen molar-refractivity contribution < 1.29 is 31.4 Å². The van der Waals surface area contributed by atoms with E-state index in [4.69, 9.17) is 13.7 Å². The fraction of sp³-hybridized carbons (Fsp3) is 0.458. The summed E-state index contributed by atoms with van der Waals surface area (Å²) in [6.45, 7) is 5.41. The molecule has 0 N–H and O–H groups in total. The zero-order valence-corrected chi connectivity index (χ0v) is 21.3. The van der Waals surface area contributed by atoms with Crippen molar-refractivity contribution >= 4 is 24.5 Å². The normalized spacial score (nSPS) is 13.7. The van der Waals surface area contributed by atoms with Crippen molar-refractivity contribution in [3.05, 3.63) is 59.7 Å². The third-order valence-electron chi connectivity index (χ3n) is 5.19. The van der Waals surface area contributed by atoms with Crippen LogP contribution in [-0.2, 0) is 34.8 Å². The standard InChI is InChI=1S/C24H33O7PS/c1-4-29-21-16-18(3)14-15-23(21)33(27,28)31-17-22(32-26)20(24(25)30-5-2)13-9-12-19-10-7-6-8-11-19/h6-8,10-11,14-16,20,22H,4-5,9,12-13,17,32H2,1-3H3. The second kappa shape index (κ2) is 13.5. The van der Waals surface area contributed by atoms with Crippen LogP contribution in [0.3, 0.4) is 0 Å². The van der Waals surface area contributed by atoms with Gasteiger partial charge in [0.1, 0.15) is 10.6 Å². The summed E-state index contributed by atoms with van der Waals surface area (Å²) in [4.78, 5) is 12.5. The van der Waals surface area contributed by atoms with E-state index in [1.54, 1.807) is 26.0 Å². The second-order valence-corrected chi connectivity index (χ2v) is 10.4. The molecular formula is C24H33O7PS. The highest BCUT2D eigenvalue weighted by Crippen LogP contribution is 2.30. The minimum absolute atomic E-state index is 0.0913. The van der Waals surface area contributed by atoms with E-state index >= 15 is 0 Å². The number of esters is 1. The van der Waals surface area contributed by atoms with Crippen LogP contribution in [0.1, 0.15) is 37.8 Å². The monoisotopic (exact) mass is 496 g/mol. The summed E-state index contributed by atoms with van der Waals surface area (Å²) >= 11 is 0. The Bertz CT molecular complexity index is 1010. The zero-order valence-electron chi connectivity index (χ0n) is 19.4. The topological polar surface area (TPSA) is 96.0 Å². The van der Waals surface area contributed by atoms with Gasteiger partial charge in [0.25, 0.3) is 0 Å². The van der Waals surface area contributed by atoms with Crippen LogP contribution in [0.4, 0.5) is 0 Å². The molecular weight excluding hydrogens is 463 g/mol. The number of rotatable bonds is 14. The lowest BCUT2D eigenvalue weighted by Crippen LogP contribution is -2.31. The summed E-state index contributed by atoms with van der Waals surface area (Å²) in [6, 6.07) is 14.5. The van der Waals surface area contributed by atoms with E-state index < -0.39 is 36.1 Å². The summed E-state index contributed by atoms with van der Waals surface area (Å²) in [5.74, 6) is -0.987. The number of carbonyl (C=O) groups excluding carboxylic acids is 1. The maximum absolute atomic E-state index is 12.9. The Morgan fingerprint density at radius 3 is 2.42 bits per heavy atom. The highest BCUT2D eigenvalue weighted by atomic mass is 32.2. The molecule has 0 aromatic heterocycles. The van der Waals surface area contributed by atoms with E-state index in [1.165, 1.54) is 6.07 Å². The highest BCUT2D eigenvalue weighted by molar-refractivity contribution is 7.86. The lowest BCUT2D eigenvalue weighted by molar-refractivity contribution is -0.148. The van der Waals surface area contributed by atoms with Gasteiger partial charge in [0.2, 0.25) is 0 Å². The predicted molar refractivity (Wildman–Crippen MR) is 129 cm³/mol. The Morgan fingerprint density at radius 1 is 1.06 bits per heavy atom. The van der Waals surface area contributed by atoms with Gasteiger partial charge in [0, 0.05) is 5.66 Å². The molecule has 7 nitrogen and oxygen atoms in total. The van der Waals surface area contributed by atoms with E-state index in [0.717, 1.165) is 17.5 Å². The van der Waals surface area contributed by atoms with Gasteiger partial charge in [-0.05, 0) is 63.3 Å². The Morgan fingerprint density at radius 2 is 1.79 bits per heavy atom. The first-order chi connectivity index (χ1) is 15.8. The maximum atomic E-state index is 12.9. The van der Waals surface area contributed by atoms with Gasteiger partial charge in [-0.2, -0.15) is 8.42 Å². The van der Waals surface area contributed by atoms with Crippen LogP contribution in [0, 0.1) is 12.8 Å². The SMILES string of the molecule is CCOC(=O)C(CCCc1ccccc1)C(COS(=O)(=O)c1ccc(C)cc1OCC)[PH2]=O. The molecule has 0 aliphatic rings. The van der Waals surface area contributed by atoms with E-state index in [0.29, 0.717) is 19.4 Å². The van der Waals surface area contributed by atoms with E-state index in [1.807, 2.05) is 37.3 Å². The van der Waals surface area contributed by atoms with Gasteiger partial charge in [0.05, 0.1) is 34.2 Å². The molecule has 2 rings (SSSR count). The van der Waals surface area contributed by atoms with Gasteiger partial charge in [0.15, 0.2) is 0 Å². The molecule has 0 heterocycles. The fourth-order valence-electron chi connectivity index (χ4n) is 3.50. The number of carbonyl (C=O) groups is 1. The smallest absolute Gasteiger partial charge is 0.309 e. The summed E-state index contributed by atoms with van der Waals surface area (Å²) in [5.41, 5.74) is 1.23. The second-order valence-electron chi connectivity index (χ2n) is 7.66. The molecule has 0 bridgehead atoms. The first kappa shape index (κ1) is 27.1. The van der Waals surface area contributed by atoms with Gasteiger partial charge >= 0.3 is 16.1 Å². The van der Waals surface area contributed by atoms with Gasteiger partial charge < -0.3 is 14.0 Å². The van der Waals surface area contributed by atoms with E-state index in [2.05, 4.69) is 0 Å². The largest absolute Gasteiger partial charge is 0.492 e. The van der Waals surface area contributed by atoms with Crippen molar-refractivity contribution in [2.45, 2.75) is 50.6 Å². The molecule has 0 fully saturated rings. The minimum atomic E-state index is -4.17. The van der Waals surface area contributed by atoms with Crippen LogP contribution in [0.25, 0.3) is 0 Å². The molecule has 0 spiro atoms. The Hall–Kier alpha value is -2.15. The lowest BCUT2D eigenvalue weighted by Gasteiger charge is -2.22. The third kappa shape index (κ3) is 8.29. The summed E-state index contributed by atoms with van der Waals surface area (Å²) in [7, 11) is -5.64. The number of hydrogen-bond donors (Lipinski definition) is 0. The number of ether oxygens (including phenoxy) is 2. The average Bonchev–Trinajstić information content (AvgIpc) is 2.79. The molecule has 0 aliphatic carbocycles. The molecule has 0 saturated heterocycles. The van der Waals surface area contributed by atoms with Crippen LogP contribution in [0.15, 0.2) is 53.4 Å².